The van der Waals surface area contributed by atoms with Crippen molar-refractivity contribution in [2.24, 2.45) is 0 Å². The van der Waals surface area contributed by atoms with Gasteiger partial charge in [-0.25, -0.2) is 0 Å². The van der Waals surface area contributed by atoms with Gasteiger partial charge < -0.3 is 15.3 Å². The number of rotatable bonds is 3. The molecule has 0 heterocycles. The molecule has 0 saturated carbocycles. The Hall–Kier alpha value is -2.94. The number of phenols is 3. The molecule has 0 radical (unpaired) electrons. The average molecular weight is 292 g/mol. The standard InChI is InChI=1S/C19H16O3/c20-15-11-16(21)19(17(22)12-15)18(13-7-3-1-4-8-13)14-9-5-2-6-10-14/h1-12,18,20-22H. The molecule has 0 unspecified atom stereocenters. The number of aromatic hydroxyl groups is 3. The van der Waals surface area contributed by atoms with E-state index in [1.807, 2.05) is 60.7 Å². The van der Waals surface area contributed by atoms with Crippen LogP contribution in [0.1, 0.15) is 22.6 Å². The Kier molecular flexibility index (Phi) is 3.71. The molecule has 0 bridgehead atoms. The lowest BCUT2D eigenvalue weighted by atomic mass is 9.84. The van der Waals surface area contributed by atoms with Gasteiger partial charge in [0.05, 0.1) is 0 Å². The van der Waals surface area contributed by atoms with Crippen LogP contribution in [0.15, 0.2) is 72.8 Å². The third kappa shape index (κ3) is 2.61. The first-order chi connectivity index (χ1) is 10.7. The van der Waals surface area contributed by atoms with E-state index in [-0.39, 0.29) is 23.2 Å². The van der Waals surface area contributed by atoms with Crippen LogP contribution in [0.3, 0.4) is 0 Å². The summed E-state index contributed by atoms with van der Waals surface area (Å²) >= 11 is 0. The third-order valence-electron chi connectivity index (χ3n) is 3.68. The minimum absolute atomic E-state index is 0.129. The van der Waals surface area contributed by atoms with Gasteiger partial charge in [-0.15, -0.1) is 0 Å². The first kappa shape index (κ1) is 14.0. The molecule has 3 N–H and O–H groups in total. The maximum Gasteiger partial charge on any atom is 0.127 e. The van der Waals surface area contributed by atoms with Crippen LogP contribution >= 0.6 is 0 Å². The summed E-state index contributed by atoms with van der Waals surface area (Å²) in [5.41, 5.74) is 2.28. The average Bonchev–Trinajstić information content (AvgIpc) is 2.52. The van der Waals surface area contributed by atoms with E-state index in [0.717, 1.165) is 11.1 Å². The second-order valence-electron chi connectivity index (χ2n) is 5.15. The molecule has 0 aliphatic carbocycles. The molecule has 3 nitrogen and oxygen atoms in total. The van der Waals surface area contributed by atoms with Crippen molar-refractivity contribution in [3.05, 3.63) is 89.5 Å². The van der Waals surface area contributed by atoms with Gasteiger partial charge in [-0.2, -0.15) is 0 Å². The Labute approximate surface area is 128 Å². The van der Waals surface area contributed by atoms with E-state index in [4.69, 9.17) is 0 Å². The number of hydrogen-bond acceptors (Lipinski definition) is 3. The lowest BCUT2D eigenvalue weighted by Gasteiger charge is -2.21. The highest BCUT2D eigenvalue weighted by Crippen LogP contribution is 2.43. The fraction of sp³-hybridized carbons (Fsp3) is 0.0526. The SMILES string of the molecule is Oc1cc(O)c(C(c2ccccc2)c2ccccc2)c(O)c1. The summed E-state index contributed by atoms with van der Waals surface area (Å²) in [5.74, 6) is -0.743. The van der Waals surface area contributed by atoms with Crippen LogP contribution in [0.25, 0.3) is 0 Å². The fourth-order valence-corrected chi connectivity index (χ4v) is 2.72. The summed E-state index contributed by atoms with van der Waals surface area (Å²) in [6, 6.07) is 21.8. The van der Waals surface area contributed by atoms with Crippen molar-refractivity contribution in [1.29, 1.82) is 0 Å². The van der Waals surface area contributed by atoms with E-state index in [9.17, 15) is 15.3 Å². The third-order valence-corrected chi connectivity index (χ3v) is 3.68. The molecule has 3 heteroatoms. The van der Waals surface area contributed by atoms with Crippen LogP contribution in [-0.4, -0.2) is 15.3 Å². The molecule has 3 aromatic carbocycles. The zero-order valence-electron chi connectivity index (χ0n) is 11.8. The highest BCUT2D eigenvalue weighted by molar-refractivity contribution is 5.57. The Morgan fingerprint density at radius 3 is 1.41 bits per heavy atom. The summed E-state index contributed by atoms with van der Waals surface area (Å²) in [5, 5.41) is 30.0. The molecule has 0 amide bonds. The lowest BCUT2D eigenvalue weighted by molar-refractivity contribution is 0.418. The van der Waals surface area contributed by atoms with Crippen LogP contribution in [-0.2, 0) is 0 Å². The molecule has 0 fully saturated rings. The minimum atomic E-state index is -0.317. The summed E-state index contributed by atoms with van der Waals surface area (Å²) in [4.78, 5) is 0. The second-order valence-corrected chi connectivity index (χ2v) is 5.15. The predicted molar refractivity (Wildman–Crippen MR) is 85.3 cm³/mol. The molecule has 0 aliphatic rings. The molecule has 0 spiro atoms. The van der Waals surface area contributed by atoms with Crippen LogP contribution in [0.4, 0.5) is 0 Å². The predicted octanol–water partition coefficient (Wildman–Crippen LogP) is 3.98. The topological polar surface area (TPSA) is 60.7 Å². The van der Waals surface area contributed by atoms with Gasteiger partial charge in [0.1, 0.15) is 17.2 Å². The van der Waals surface area contributed by atoms with Crippen LogP contribution < -0.4 is 0 Å². The highest BCUT2D eigenvalue weighted by atomic mass is 16.3. The van der Waals surface area contributed by atoms with Crippen LogP contribution in [0.2, 0.25) is 0 Å². The normalized spacial score (nSPS) is 10.8. The van der Waals surface area contributed by atoms with Crippen molar-refractivity contribution in [3.8, 4) is 17.2 Å². The van der Waals surface area contributed by atoms with E-state index in [0.29, 0.717) is 5.56 Å². The van der Waals surface area contributed by atoms with Gasteiger partial charge in [0.15, 0.2) is 0 Å². The molecule has 0 saturated heterocycles. The molecule has 0 atom stereocenters. The van der Waals surface area contributed by atoms with Gasteiger partial charge in [0.2, 0.25) is 0 Å². The minimum Gasteiger partial charge on any atom is -0.508 e. The Balaban J connectivity index is 2.24. The maximum absolute atomic E-state index is 10.2. The highest BCUT2D eigenvalue weighted by Gasteiger charge is 2.23. The largest absolute Gasteiger partial charge is 0.508 e. The van der Waals surface area contributed by atoms with Crippen LogP contribution in [0, 0.1) is 0 Å². The number of benzene rings is 3. The van der Waals surface area contributed by atoms with E-state index >= 15 is 0 Å². The van der Waals surface area contributed by atoms with Gasteiger partial charge in [0.25, 0.3) is 0 Å². The van der Waals surface area contributed by atoms with Crippen molar-refractivity contribution in [3.63, 3.8) is 0 Å². The molecule has 3 rings (SSSR count). The zero-order chi connectivity index (χ0) is 15.5. The number of hydrogen-bond donors (Lipinski definition) is 3. The fourth-order valence-electron chi connectivity index (χ4n) is 2.72. The quantitative estimate of drug-likeness (QED) is 0.640. The Morgan fingerprint density at radius 2 is 1.00 bits per heavy atom. The molecule has 0 aliphatic heterocycles. The van der Waals surface area contributed by atoms with Gasteiger partial charge in [0, 0.05) is 23.6 Å². The van der Waals surface area contributed by atoms with Gasteiger partial charge >= 0.3 is 0 Å². The van der Waals surface area contributed by atoms with Crippen molar-refractivity contribution in [2.75, 3.05) is 0 Å². The summed E-state index contributed by atoms with van der Waals surface area (Å²) < 4.78 is 0. The van der Waals surface area contributed by atoms with E-state index < -0.39 is 0 Å². The molecular weight excluding hydrogens is 276 g/mol. The maximum atomic E-state index is 10.2. The smallest absolute Gasteiger partial charge is 0.127 e. The van der Waals surface area contributed by atoms with Gasteiger partial charge in [-0.05, 0) is 11.1 Å². The Morgan fingerprint density at radius 1 is 0.591 bits per heavy atom. The molecule has 3 aromatic rings. The lowest BCUT2D eigenvalue weighted by Crippen LogP contribution is -2.04. The van der Waals surface area contributed by atoms with Crippen molar-refractivity contribution in [1.82, 2.24) is 0 Å². The summed E-state index contributed by atoms with van der Waals surface area (Å²) in [7, 11) is 0. The van der Waals surface area contributed by atoms with Crippen LogP contribution in [0.5, 0.6) is 17.2 Å². The van der Waals surface area contributed by atoms with E-state index in [2.05, 4.69) is 0 Å². The van der Waals surface area contributed by atoms with E-state index in [1.54, 1.807) is 0 Å². The van der Waals surface area contributed by atoms with E-state index in [1.165, 1.54) is 12.1 Å². The molecule has 0 aromatic heterocycles. The summed E-state index contributed by atoms with van der Waals surface area (Å²) in [6.45, 7) is 0. The Bertz CT molecular complexity index is 705. The molecule has 22 heavy (non-hydrogen) atoms. The zero-order valence-corrected chi connectivity index (χ0v) is 11.8. The first-order valence-electron chi connectivity index (χ1n) is 7.01. The van der Waals surface area contributed by atoms with Gasteiger partial charge in [-0.3, -0.25) is 0 Å². The number of phenolic OH excluding ortho intramolecular Hbond substituents is 3. The van der Waals surface area contributed by atoms with Crippen molar-refractivity contribution in [2.45, 2.75) is 5.92 Å². The second kappa shape index (κ2) is 5.82. The molecule has 110 valence electrons. The first-order valence-corrected chi connectivity index (χ1v) is 7.01. The van der Waals surface area contributed by atoms with Gasteiger partial charge in [-0.1, -0.05) is 60.7 Å². The monoisotopic (exact) mass is 292 g/mol. The van der Waals surface area contributed by atoms with Crippen molar-refractivity contribution < 1.29 is 15.3 Å². The molecular formula is C19H16O3. The van der Waals surface area contributed by atoms with Crippen molar-refractivity contribution >= 4 is 0 Å². The summed E-state index contributed by atoms with van der Waals surface area (Å²) in [6.07, 6.45) is 0.